The molecule has 0 aliphatic carbocycles. The van der Waals surface area contributed by atoms with E-state index in [2.05, 4.69) is 89.0 Å². The quantitative estimate of drug-likeness (QED) is 0.132. The Hall–Kier alpha value is -5.20. The number of carbonyl (C=O) groups excluding carboxylic acids is 2. The van der Waals surface area contributed by atoms with Crippen LogP contribution in [0.1, 0.15) is 119 Å². The molecule has 312 valence electrons. The lowest BCUT2D eigenvalue weighted by molar-refractivity contribution is -0.203. The molecule has 0 saturated carbocycles. The predicted molar refractivity (Wildman–Crippen MR) is 231 cm³/mol. The first-order valence-corrected chi connectivity index (χ1v) is 22.0. The largest absolute Gasteiger partial charge is 0.462 e. The van der Waals surface area contributed by atoms with Gasteiger partial charge in [0.05, 0.1) is 52.8 Å². The van der Waals surface area contributed by atoms with Gasteiger partial charge in [-0.3, -0.25) is 0 Å². The average Bonchev–Trinajstić information content (AvgIpc) is 3.79. The Bertz CT molecular complexity index is 2430. The minimum absolute atomic E-state index is 0.228. The number of fused-ring (bicyclic) bond motifs is 11. The zero-order chi connectivity index (χ0) is 41.5. The Kier molecular flexibility index (Phi) is 9.59. The van der Waals surface area contributed by atoms with Gasteiger partial charge >= 0.3 is 11.9 Å². The van der Waals surface area contributed by atoms with Gasteiger partial charge in [0.2, 0.25) is 0 Å². The lowest BCUT2D eigenvalue weighted by atomic mass is 9.70. The molecule has 5 aliphatic rings. The van der Waals surface area contributed by atoms with Gasteiger partial charge in [0.25, 0.3) is 0 Å². The molecule has 3 N–H and O–H groups in total. The summed E-state index contributed by atoms with van der Waals surface area (Å²) in [7, 11) is 0. The first-order valence-electron chi connectivity index (χ1n) is 22.0. The van der Waals surface area contributed by atoms with Gasteiger partial charge in [0, 0.05) is 51.9 Å². The summed E-state index contributed by atoms with van der Waals surface area (Å²) in [5, 5.41) is 32.8. The highest BCUT2D eigenvalue weighted by molar-refractivity contribution is 6.20. The molecule has 0 amide bonds. The van der Waals surface area contributed by atoms with E-state index in [1.54, 1.807) is 0 Å². The number of hydrogen-bond donors (Lipinski definition) is 3. The topological polar surface area (TPSA) is 121 Å². The number of hydrogen-bond acceptors (Lipinski definition) is 9. The van der Waals surface area contributed by atoms with Gasteiger partial charge in [-0.25, -0.2) is 9.59 Å². The van der Waals surface area contributed by atoms with E-state index in [0.29, 0.717) is 30.7 Å². The van der Waals surface area contributed by atoms with Gasteiger partial charge in [-0.05, 0) is 88.1 Å². The lowest BCUT2D eigenvalue weighted by Crippen LogP contribution is -2.49. The maximum absolute atomic E-state index is 14.5. The van der Waals surface area contributed by atoms with Crippen LogP contribution in [0.5, 0.6) is 0 Å². The highest BCUT2D eigenvalue weighted by Gasteiger charge is 2.53. The minimum atomic E-state index is -0.508. The fourth-order valence-corrected chi connectivity index (χ4v) is 12.0. The fraction of sp³-hybridized carbons (Fsp3) is 0.429. The number of ether oxygens (including phenoxy) is 2. The molecule has 0 radical (unpaired) electrons. The van der Waals surface area contributed by atoms with Gasteiger partial charge in [-0.2, -0.15) is 10.1 Å². The Morgan fingerprint density at radius 1 is 0.683 bits per heavy atom. The van der Waals surface area contributed by atoms with Crippen LogP contribution < -0.4 is 5.32 Å². The van der Waals surface area contributed by atoms with Crippen LogP contribution in [0.2, 0.25) is 0 Å². The van der Waals surface area contributed by atoms with Crippen LogP contribution in [0.3, 0.4) is 0 Å². The van der Waals surface area contributed by atoms with Crippen molar-refractivity contribution in [3.05, 3.63) is 113 Å². The predicted octanol–water partition coefficient (Wildman–Crippen LogP) is 9.77. The summed E-state index contributed by atoms with van der Waals surface area (Å²) in [6, 6.07) is 24.6. The SMILES string of the molecule is CCOC(=O)C1=C[C@]2(CC)CCCN(O)[C@@H]2n2c1c([C@@H]1Cc3ccccc3N[C@H]1c1c3n(c4ccccc14)[C@H]1N(O)CCC[C@@]1(CC)C=C3C(=O)OCC)c1ccccc12. The number of para-hydroxylation sites is 3. The summed E-state index contributed by atoms with van der Waals surface area (Å²) in [5.74, 6) is -1.04. The van der Waals surface area contributed by atoms with Gasteiger partial charge in [0.1, 0.15) is 12.3 Å². The molecule has 0 bridgehead atoms. The number of benzene rings is 3. The van der Waals surface area contributed by atoms with Gasteiger partial charge in [0.15, 0.2) is 0 Å². The third-order valence-corrected chi connectivity index (χ3v) is 14.6. The fourth-order valence-electron chi connectivity index (χ4n) is 12.0. The standard InChI is InChI=1S/C49H55N5O6/c1-5-48-23-15-25-51(57)46(48)53-37-21-13-10-18-31(37)39(42(53)34(28-48)44(55)59-7-3)33-27-30-17-9-12-20-36(30)50-41(33)40-32-19-11-14-22-38(32)54-43(40)35(45(56)60-8-4)29-49(6-2)24-16-26-52(58)47(49)54/h9-14,17-22,28-29,33,41,46-47,50,57-58H,5-8,15-16,23-27H2,1-4H3/t33-,41+,46+,47+,48-,49-/m0/s1. The van der Waals surface area contributed by atoms with Gasteiger partial charge in [-0.15, -0.1) is 0 Å². The molecule has 0 spiro atoms. The number of nitrogens with zero attached hydrogens (tertiary/aromatic N) is 4. The van der Waals surface area contributed by atoms with Crippen LogP contribution >= 0.6 is 0 Å². The summed E-state index contributed by atoms with van der Waals surface area (Å²) in [5.41, 5.74) is 7.48. The van der Waals surface area contributed by atoms with Crippen LogP contribution in [0, 0.1) is 10.8 Å². The van der Waals surface area contributed by atoms with Gasteiger partial charge < -0.3 is 34.3 Å². The first-order chi connectivity index (χ1) is 29.2. The number of anilines is 1. The second-order valence-corrected chi connectivity index (χ2v) is 17.4. The monoisotopic (exact) mass is 809 g/mol. The van der Waals surface area contributed by atoms with Crippen molar-refractivity contribution in [2.45, 2.75) is 96.9 Å². The van der Waals surface area contributed by atoms with Crippen LogP contribution in [0.25, 0.3) is 33.0 Å². The lowest BCUT2D eigenvalue weighted by Gasteiger charge is -2.50. The van der Waals surface area contributed by atoms with Crippen molar-refractivity contribution in [2.24, 2.45) is 10.8 Å². The third kappa shape index (κ3) is 5.55. The van der Waals surface area contributed by atoms with E-state index in [1.807, 2.05) is 38.1 Å². The Labute approximate surface area is 350 Å². The average molecular weight is 810 g/mol. The van der Waals surface area contributed by atoms with Crippen LogP contribution in [-0.2, 0) is 25.5 Å². The second-order valence-electron chi connectivity index (χ2n) is 17.4. The molecule has 7 heterocycles. The van der Waals surface area contributed by atoms with Gasteiger partial charge in [-0.1, -0.05) is 80.6 Å². The summed E-state index contributed by atoms with van der Waals surface area (Å²) in [6.07, 6.45) is 8.69. The number of esters is 2. The van der Waals surface area contributed by atoms with Crippen molar-refractivity contribution in [1.82, 2.24) is 19.3 Å². The minimum Gasteiger partial charge on any atom is -0.462 e. The normalized spacial score (nSPS) is 27.4. The summed E-state index contributed by atoms with van der Waals surface area (Å²) in [4.78, 5) is 29.0. The number of nitrogens with one attached hydrogen (secondary N) is 1. The molecule has 3 aromatic carbocycles. The van der Waals surface area contributed by atoms with E-state index in [4.69, 9.17) is 9.47 Å². The molecule has 2 aromatic heterocycles. The molecule has 5 aromatic rings. The number of hydroxylamine groups is 4. The van der Waals surface area contributed by atoms with Crippen LogP contribution in [-0.4, -0.2) is 67.9 Å². The molecule has 0 unspecified atom stereocenters. The van der Waals surface area contributed by atoms with Crippen molar-refractivity contribution >= 4 is 50.6 Å². The van der Waals surface area contributed by atoms with Crippen LogP contribution in [0.4, 0.5) is 5.69 Å². The van der Waals surface area contributed by atoms with Crippen molar-refractivity contribution in [1.29, 1.82) is 0 Å². The van der Waals surface area contributed by atoms with Crippen LogP contribution in [0.15, 0.2) is 84.9 Å². The van der Waals surface area contributed by atoms with E-state index in [0.717, 1.165) is 94.1 Å². The zero-order valence-corrected chi connectivity index (χ0v) is 35.0. The molecule has 11 heteroatoms. The van der Waals surface area contributed by atoms with Crippen molar-refractivity contribution < 1.29 is 29.5 Å². The molecule has 5 aliphatic heterocycles. The van der Waals surface area contributed by atoms with E-state index in [1.165, 1.54) is 10.1 Å². The van der Waals surface area contributed by atoms with E-state index in [9.17, 15) is 20.0 Å². The number of piperidine rings is 2. The smallest absolute Gasteiger partial charge is 0.339 e. The van der Waals surface area contributed by atoms with Crippen molar-refractivity contribution in [2.75, 3.05) is 31.6 Å². The Morgan fingerprint density at radius 2 is 1.17 bits per heavy atom. The molecular weight excluding hydrogens is 755 g/mol. The Balaban J connectivity index is 1.30. The number of rotatable bonds is 8. The maximum atomic E-state index is 14.5. The second kappa shape index (κ2) is 14.8. The maximum Gasteiger partial charge on any atom is 0.339 e. The summed E-state index contributed by atoms with van der Waals surface area (Å²) < 4.78 is 16.2. The zero-order valence-electron chi connectivity index (χ0n) is 35.0. The van der Waals surface area contributed by atoms with E-state index < -0.39 is 29.2 Å². The highest BCUT2D eigenvalue weighted by atomic mass is 16.5. The molecular formula is C49H55N5O6. The molecule has 2 saturated heterocycles. The highest BCUT2D eigenvalue weighted by Crippen LogP contribution is 2.60. The van der Waals surface area contributed by atoms with Crippen molar-refractivity contribution in [3.63, 3.8) is 0 Å². The molecule has 2 fully saturated rings. The molecule has 11 nitrogen and oxygen atoms in total. The van der Waals surface area contributed by atoms with E-state index >= 15 is 0 Å². The van der Waals surface area contributed by atoms with Crippen molar-refractivity contribution in [3.8, 4) is 0 Å². The van der Waals surface area contributed by atoms with E-state index in [-0.39, 0.29) is 31.1 Å². The Morgan fingerprint density at radius 3 is 1.70 bits per heavy atom. The molecule has 60 heavy (non-hydrogen) atoms. The number of aromatic nitrogens is 2. The first kappa shape index (κ1) is 39.0. The summed E-state index contributed by atoms with van der Waals surface area (Å²) >= 11 is 0. The number of carbonyl (C=O) groups is 2. The molecule has 6 atom stereocenters. The molecule has 10 rings (SSSR count). The third-order valence-electron chi connectivity index (χ3n) is 14.6. The summed E-state index contributed by atoms with van der Waals surface area (Å²) in [6.45, 7) is 9.46.